The smallest absolute Gasteiger partial charge is 0.382 e. The Balaban J connectivity index is 1.14. The Morgan fingerprint density at radius 3 is 2.66 bits per heavy atom. The number of anilines is 1. The minimum atomic E-state index is -4.89. The van der Waals surface area contributed by atoms with E-state index in [4.69, 9.17) is 5.73 Å². The molecule has 212 valence electrons. The van der Waals surface area contributed by atoms with Gasteiger partial charge < -0.3 is 15.6 Å². The maximum Gasteiger partial charge on any atom is 0.419 e. The molecule has 6 rings (SSSR count). The lowest BCUT2D eigenvalue weighted by Gasteiger charge is -2.53. The fourth-order valence-corrected chi connectivity index (χ4v) is 5.87. The molecule has 0 aliphatic carbocycles. The normalized spacial score (nSPS) is 17.9. The predicted molar refractivity (Wildman–Crippen MR) is 140 cm³/mol. The number of benzene rings is 1. The summed E-state index contributed by atoms with van der Waals surface area (Å²) in [7, 11) is 0. The van der Waals surface area contributed by atoms with Gasteiger partial charge in [-0.05, 0) is 31.0 Å². The Labute approximate surface area is 231 Å². The molecule has 0 atom stereocenters. The molecule has 1 aromatic carbocycles. The van der Waals surface area contributed by atoms with Gasteiger partial charge in [-0.1, -0.05) is 6.07 Å². The first-order valence-electron chi connectivity index (χ1n) is 13.0. The topological polar surface area (TPSA) is 133 Å². The van der Waals surface area contributed by atoms with Gasteiger partial charge in [0.15, 0.2) is 5.82 Å². The molecule has 2 aliphatic heterocycles. The molecular weight excluding hydrogens is 542 g/mol. The first-order chi connectivity index (χ1) is 19.6. The molecule has 5 heterocycles. The van der Waals surface area contributed by atoms with E-state index < -0.39 is 34.6 Å². The number of aromatic nitrogens is 5. The van der Waals surface area contributed by atoms with E-state index in [0.717, 1.165) is 17.5 Å². The molecular formula is C27H25F4N9O. The number of H-pyrrole nitrogens is 1. The predicted octanol–water partition coefficient (Wildman–Crippen LogP) is 3.79. The monoisotopic (exact) mass is 567 g/mol. The number of piperidine rings is 1. The van der Waals surface area contributed by atoms with Crippen LogP contribution in [-0.4, -0.2) is 72.7 Å². The molecule has 1 amide bonds. The summed E-state index contributed by atoms with van der Waals surface area (Å²) >= 11 is 0. The van der Waals surface area contributed by atoms with Gasteiger partial charge in [0.2, 0.25) is 0 Å². The second-order valence-electron chi connectivity index (χ2n) is 10.5. The number of hydrogen-bond acceptors (Lipinski definition) is 7. The van der Waals surface area contributed by atoms with Gasteiger partial charge in [0.1, 0.15) is 23.3 Å². The van der Waals surface area contributed by atoms with E-state index in [1.54, 1.807) is 10.9 Å². The van der Waals surface area contributed by atoms with Crippen LogP contribution in [0.25, 0.3) is 22.3 Å². The van der Waals surface area contributed by atoms with Gasteiger partial charge in [-0.3, -0.25) is 14.4 Å². The summed E-state index contributed by atoms with van der Waals surface area (Å²) in [6.45, 7) is 1.62. The van der Waals surface area contributed by atoms with E-state index in [-0.39, 0.29) is 31.4 Å². The standard InChI is InChI=1S/C27H25F4N9O/c28-21-17(2-1-3-20(21)27(29,30)31)25(41)38-10-5-16(6-11-38)39-13-26(14-39,7-8-32)40-12-19(23(33)37-40)22-18-4-9-34-24(18)36-15-35-22/h1-4,9,12,15-16H,5-7,10-11,13-14H2,(H2,33,37)(H,34,35,36). The number of carbonyl (C=O) groups excluding carboxylic acids is 1. The van der Waals surface area contributed by atoms with Gasteiger partial charge in [0.25, 0.3) is 5.91 Å². The van der Waals surface area contributed by atoms with Crippen LogP contribution in [0.4, 0.5) is 23.4 Å². The van der Waals surface area contributed by atoms with Crippen molar-refractivity contribution in [1.29, 1.82) is 5.26 Å². The number of rotatable bonds is 5. The van der Waals surface area contributed by atoms with Crippen molar-refractivity contribution in [3.05, 3.63) is 59.9 Å². The summed E-state index contributed by atoms with van der Waals surface area (Å²) in [6, 6.07) is 6.95. The van der Waals surface area contributed by atoms with E-state index >= 15 is 0 Å². The van der Waals surface area contributed by atoms with Crippen LogP contribution >= 0.6 is 0 Å². The molecule has 0 spiro atoms. The van der Waals surface area contributed by atoms with Crippen molar-refractivity contribution < 1.29 is 22.4 Å². The highest BCUT2D eigenvalue weighted by atomic mass is 19.4. The van der Waals surface area contributed by atoms with Crippen molar-refractivity contribution in [2.24, 2.45) is 0 Å². The Bertz CT molecular complexity index is 1660. The molecule has 3 aromatic heterocycles. The summed E-state index contributed by atoms with van der Waals surface area (Å²) in [5, 5.41) is 15.0. The molecule has 14 heteroatoms. The number of aromatic amines is 1. The van der Waals surface area contributed by atoms with E-state index in [0.29, 0.717) is 48.9 Å². The minimum absolute atomic E-state index is 0.0888. The Morgan fingerprint density at radius 2 is 1.95 bits per heavy atom. The second-order valence-corrected chi connectivity index (χ2v) is 10.5. The number of nitrogens with one attached hydrogen (secondary N) is 1. The van der Waals surface area contributed by atoms with Gasteiger partial charge in [-0.2, -0.15) is 23.5 Å². The van der Waals surface area contributed by atoms with Crippen LogP contribution in [0.3, 0.4) is 0 Å². The van der Waals surface area contributed by atoms with Gasteiger partial charge in [-0.15, -0.1) is 0 Å². The van der Waals surface area contributed by atoms with Gasteiger partial charge in [0, 0.05) is 50.0 Å². The maximum atomic E-state index is 14.5. The summed E-state index contributed by atoms with van der Waals surface area (Å²) in [5.74, 6) is -2.01. The molecule has 2 saturated heterocycles. The van der Waals surface area contributed by atoms with Crippen LogP contribution in [0.15, 0.2) is 43.0 Å². The van der Waals surface area contributed by atoms with Crippen LogP contribution in [0.1, 0.15) is 35.2 Å². The lowest BCUT2D eigenvalue weighted by Crippen LogP contribution is -2.66. The first kappa shape index (κ1) is 26.7. The number of alkyl halides is 3. The van der Waals surface area contributed by atoms with Crippen LogP contribution in [-0.2, 0) is 11.7 Å². The van der Waals surface area contributed by atoms with Crippen molar-refractivity contribution in [3.63, 3.8) is 0 Å². The maximum absolute atomic E-state index is 14.5. The molecule has 10 nitrogen and oxygen atoms in total. The Hall–Kier alpha value is -4.51. The van der Waals surface area contributed by atoms with E-state index in [1.807, 2.05) is 12.3 Å². The van der Waals surface area contributed by atoms with Crippen molar-refractivity contribution in [2.75, 3.05) is 31.9 Å². The highest BCUT2D eigenvalue weighted by Gasteiger charge is 2.48. The number of amides is 1. The first-order valence-corrected chi connectivity index (χ1v) is 13.0. The average Bonchev–Trinajstić information content (AvgIpc) is 3.56. The molecule has 0 saturated carbocycles. The fraction of sp³-hybridized carbons (Fsp3) is 0.370. The largest absolute Gasteiger partial charge is 0.419 e. The molecule has 0 radical (unpaired) electrons. The van der Waals surface area contributed by atoms with Crippen molar-refractivity contribution >= 4 is 22.8 Å². The Morgan fingerprint density at radius 1 is 1.20 bits per heavy atom. The molecule has 2 fully saturated rings. The highest BCUT2D eigenvalue weighted by Crippen LogP contribution is 2.39. The number of carbonyl (C=O) groups is 1. The lowest BCUT2D eigenvalue weighted by molar-refractivity contribution is -0.140. The number of nitrogens with two attached hydrogens (primary N) is 1. The summed E-state index contributed by atoms with van der Waals surface area (Å²) < 4.78 is 55.6. The van der Waals surface area contributed by atoms with Crippen molar-refractivity contribution in [2.45, 2.75) is 37.0 Å². The number of nitrogen functional groups attached to an aromatic ring is 1. The Kier molecular flexibility index (Phi) is 6.41. The lowest BCUT2D eigenvalue weighted by atomic mass is 9.83. The quantitative estimate of drug-likeness (QED) is 0.351. The van der Waals surface area contributed by atoms with Crippen LogP contribution in [0.2, 0.25) is 0 Å². The SMILES string of the molecule is N#CCC1(n2cc(-c3ncnc4[nH]ccc34)c(N)n2)CN(C2CCN(C(=O)c3cccc(C(F)(F)F)c3F)CC2)C1. The third kappa shape index (κ3) is 4.55. The van der Waals surface area contributed by atoms with Gasteiger partial charge >= 0.3 is 6.18 Å². The fourth-order valence-electron chi connectivity index (χ4n) is 5.87. The van der Waals surface area contributed by atoms with E-state index in [1.165, 1.54) is 11.2 Å². The third-order valence-electron chi connectivity index (χ3n) is 8.04. The van der Waals surface area contributed by atoms with Crippen LogP contribution in [0, 0.1) is 17.1 Å². The van der Waals surface area contributed by atoms with E-state index in [9.17, 15) is 27.6 Å². The number of fused-ring (bicyclic) bond motifs is 1. The number of likely N-dealkylation sites (tertiary alicyclic amines) is 2. The van der Waals surface area contributed by atoms with Gasteiger partial charge in [-0.25, -0.2) is 14.4 Å². The minimum Gasteiger partial charge on any atom is -0.382 e. The summed E-state index contributed by atoms with van der Waals surface area (Å²) in [5.41, 5.74) is 5.61. The van der Waals surface area contributed by atoms with Crippen molar-refractivity contribution in [3.8, 4) is 17.3 Å². The number of halogens is 4. The number of nitrogens with zero attached hydrogens (tertiary/aromatic N) is 7. The average molecular weight is 568 g/mol. The zero-order chi connectivity index (χ0) is 28.9. The molecule has 4 aromatic rings. The molecule has 0 bridgehead atoms. The second kappa shape index (κ2) is 9.84. The van der Waals surface area contributed by atoms with Crippen molar-refractivity contribution in [1.82, 2.24) is 34.5 Å². The summed E-state index contributed by atoms with van der Waals surface area (Å²) in [4.78, 5) is 28.1. The molecule has 3 N–H and O–H groups in total. The van der Waals surface area contributed by atoms with Gasteiger partial charge in [0.05, 0.1) is 34.9 Å². The summed E-state index contributed by atoms with van der Waals surface area (Å²) in [6.07, 6.45) is 1.47. The molecule has 41 heavy (non-hydrogen) atoms. The molecule has 2 aliphatic rings. The third-order valence-corrected chi connectivity index (χ3v) is 8.04. The highest BCUT2D eigenvalue weighted by molar-refractivity contribution is 5.95. The van der Waals surface area contributed by atoms with E-state index in [2.05, 4.69) is 31.0 Å². The van der Waals surface area contributed by atoms with Crippen LogP contribution < -0.4 is 5.73 Å². The van der Waals surface area contributed by atoms with Crippen LogP contribution in [0.5, 0.6) is 0 Å². The zero-order valence-corrected chi connectivity index (χ0v) is 21.7. The zero-order valence-electron chi connectivity index (χ0n) is 21.7. The molecule has 0 unspecified atom stereocenters. The number of nitriles is 1. The number of hydrogen-bond donors (Lipinski definition) is 2.